The molecule has 4 aromatic rings. The summed E-state index contributed by atoms with van der Waals surface area (Å²) in [6, 6.07) is 29.1. The van der Waals surface area contributed by atoms with E-state index in [9.17, 15) is 24.8 Å². The number of amides is 3. The molecule has 3 amide bonds. The topological polar surface area (TPSA) is 152 Å². The first-order valence-corrected chi connectivity index (χ1v) is 21.9. The third-order valence-corrected chi connectivity index (χ3v) is 16.1. The van der Waals surface area contributed by atoms with Crippen LogP contribution in [0.3, 0.4) is 0 Å². The summed E-state index contributed by atoms with van der Waals surface area (Å²) in [5, 5.41) is 23.3. The number of hydrogen-bond acceptors (Lipinski definition) is 9. The van der Waals surface area contributed by atoms with Crippen molar-refractivity contribution in [2.24, 2.45) is 5.92 Å². The maximum Gasteiger partial charge on any atom is 0.414 e. The van der Waals surface area contributed by atoms with Crippen LogP contribution in [0.2, 0.25) is 18.6 Å². The Hall–Kier alpha value is -5.57. The van der Waals surface area contributed by atoms with E-state index in [4.69, 9.17) is 14.2 Å². The fourth-order valence-electron chi connectivity index (χ4n) is 8.88. The number of fused-ring (bicyclic) bond motifs is 2. The second-order valence-electron chi connectivity index (χ2n) is 15.2. The number of anilines is 2. The van der Waals surface area contributed by atoms with E-state index in [2.05, 4.69) is 13.1 Å². The number of nitro groups is 1. The SMILES string of the molecule is COc1ccc([Si](C)(C)[C@H]2[C@H](CC(=O)N(CCO)Cc3ccccc3)O[C@@]3(C(=O)N(Cc4ccc(N5CCOC5=O)cc4)c4ccc([N+](=O)[O-])cc43)[C@@H]2C)cc1. The van der Waals surface area contributed by atoms with Gasteiger partial charge in [0.25, 0.3) is 11.6 Å². The minimum Gasteiger partial charge on any atom is -0.497 e. The smallest absolute Gasteiger partial charge is 0.414 e. The summed E-state index contributed by atoms with van der Waals surface area (Å²) in [5.41, 5.74) is 1.15. The predicted molar refractivity (Wildman–Crippen MR) is 213 cm³/mol. The molecule has 4 aromatic carbocycles. The van der Waals surface area contributed by atoms with E-state index in [1.54, 1.807) is 40.0 Å². The van der Waals surface area contributed by atoms with Crippen molar-refractivity contribution in [3.8, 4) is 5.75 Å². The van der Waals surface area contributed by atoms with Gasteiger partial charge in [0.1, 0.15) is 12.4 Å². The van der Waals surface area contributed by atoms with Gasteiger partial charge in [0, 0.05) is 42.4 Å². The molecule has 1 spiro atoms. The predicted octanol–water partition coefficient (Wildman–Crippen LogP) is 5.73. The van der Waals surface area contributed by atoms with Gasteiger partial charge in [-0.15, -0.1) is 0 Å². The summed E-state index contributed by atoms with van der Waals surface area (Å²) >= 11 is 0. The van der Waals surface area contributed by atoms with E-state index >= 15 is 4.79 Å². The van der Waals surface area contributed by atoms with E-state index in [0.717, 1.165) is 16.3 Å². The molecule has 2 fully saturated rings. The number of ether oxygens (including phenoxy) is 3. The fraction of sp³-hybridized carbons (Fsp3) is 0.357. The number of cyclic esters (lactones) is 1. The molecule has 0 radical (unpaired) electrons. The van der Waals surface area contributed by atoms with Crippen LogP contribution in [0.5, 0.6) is 5.75 Å². The van der Waals surface area contributed by atoms with Crippen LogP contribution in [0.1, 0.15) is 30.0 Å². The van der Waals surface area contributed by atoms with Gasteiger partial charge in [-0.25, -0.2) is 4.79 Å². The molecule has 0 bridgehead atoms. The standard InChI is InChI=1S/C42H46N4O9Si/c1-28-39(56(3,4)34-17-15-33(53-2)16-18-34)37(25-38(48)43(20-22-47)26-29-8-6-5-7-9-29)55-42(28)35-24-32(46(51)52)14-19-36(35)45(40(42)49)27-30-10-12-31(13-11-30)44-21-23-54-41(44)50/h5-19,24,28,37,39,47H,20-23,25-27H2,1-4H3/t28-,37+,39-,42+/m1/s1. The number of non-ortho nitro benzene ring substituents is 1. The Labute approximate surface area is 326 Å². The molecule has 7 rings (SSSR count). The van der Waals surface area contributed by atoms with Crippen molar-refractivity contribution in [1.29, 1.82) is 0 Å². The highest BCUT2D eigenvalue weighted by Crippen LogP contribution is 2.60. The lowest BCUT2D eigenvalue weighted by Crippen LogP contribution is -2.52. The van der Waals surface area contributed by atoms with Crippen molar-refractivity contribution >= 4 is 48.2 Å². The fourth-order valence-corrected chi connectivity index (χ4v) is 12.9. The van der Waals surface area contributed by atoms with Crippen LogP contribution in [-0.2, 0) is 37.8 Å². The maximum atomic E-state index is 15.2. The van der Waals surface area contributed by atoms with Gasteiger partial charge < -0.3 is 29.1 Å². The number of benzene rings is 4. The van der Waals surface area contributed by atoms with Crippen molar-refractivity contribution in [3.63, 3.8) is 0 Å². The summed E-state index contributed by atoms with van der Waals surface area (Å²) < 4.78 is 17.6. The summed E-state index contributed by atoms with van der Waals surface area (Å²) in [7, 11) is -1.04. The maximum absolute atomic E-state index is 15.2. The lowest BCUT2D eigenvalue weighted by Gasteiger charge is -2.37. The van der Waals surface area contributed by atoms with Gasteiger partial charge in [-0.3, -0.25) is 24.6 Å². The number of aliphatic hydroxyl groups excluding tert-OH is 1. The number of carbonyl (C=O) groups is 3. The Kier molecular flexibility index (Phi) is 10.7. The third-order valence-electron chi connectivity index (χ3n) is 11.7. The van der Waals surface area contributed by atoms with Gasteiger partial charge in [0.15, 0.2) is 5.60 Å². The molecule has 3 heterocycles. The molecule has 4 atom stereocenters. The zero-order chi connectivity index (χ0) is 39.8. The molecular formula is C42H46N4O9Si. The van der Waals surface area contributed by atoms with Crippen molar-refractivity contribution in [2.45, 2.75) is 56.8 Å². The van der Waals surface area contributed by atoms with Crippen molar-refractivity contribution in [1.82, 2.24) is 4.90 Å². The second kappa shape index (κ2) is 15.5. The Morgan fingerprint density at radius 1 is 1.02 bits per heavy atom. The molecule has 3 aliphatic rings. The van der Waals surface area contributed by atoms with Gasteiger partial charge in [0.05, 0.1) is 58.0 Å². The molecule has 0 aromatic heterocycles. The molecule has 292 valence electrons. The lowest BCUT2D eigenvalue weighted by atomic mass is 9.82. The Morgan fingerprint density at radius 2 is 1.73 bits per heavy atom. The average molecular weight is 779 g/mol. The largest absolute Gasteiger partial charge is 0.497 e. The monoisotopic (exact) mass is 778 g/mol. The first kappa shape index (κ1) is 38.7. The van der Waals surface area contributed by atoms with Crippen LogP contribution in [-0.4, -0.2) is 80.4 Å². The summed E-state index contributed by atoms with van der Waals surface area (Å²) in [6.07, 6.45) is -1.22. The number of nitro benzene ring substituents is 1. The zero-order valence-corrected chi connectivity index (χ0v) is 32.9. The van der Waals surface area contributed by atoms with Gasteiger partial charge in [-0.2, -0.15) is 0 Å². The minimum absolute atomic E-state index is 0.0614. The minimum atomic E-state index is -2.65. The molecule has 3 aliphatic heterocycles. The van der Waals surface area contributed by atoms with Crippen molar-refractivity contribution in [2.75, 3.05) is 43.2 Å². The van der Waals surface area contributed by atoms with Crippen molar-refractivity contribution in [3.05, 3.63) is 124 Å². The number of rotatable bonds is 13. The van der Waals surface area contributed by atoms with Gasteiger partial charge in [-0.1, -0.05) is 79.8 Å². The zero-order valence-electron chi connectivity index (χ0n) is 31.9. The number of hydrogen-bond donors (Lipinski definition) is 1. The van der Waals surface area contributed by atoms with Crippen molar-refractivity contribution < 1.29 is 38.6 Å². The van der Waals surface area contributed by atoms with Gasteiger partial charge >= 0.3 is 6.09 Å². The first-order chi connectivity index (χ1) is 26.9. The molecule has 13 nitrogen and oxygen atoms in total. The van der Waals surface area contributed by atoms with E-state index in [0.29, 0.717) is 35.8 Å². The average Bonchev–Trinajstić information content (AvgIpc) is 3.83. The Morgan fingerprint density at radius 3 is 2.36 bits per heavy atom. The van der Waals surface area contributed by atoms with E-state index in [-0.39, 0.29) is 55.7 Å². The van der Waals surface area contributed by atoms with Gasteiger partial charge in [0.2, 0.25) is 5.91 Å². The Balaban J connectivity index is 1.29. The number of aliphatic hydroxyl groups is 1. The number of carbonyl (C=O) groups excluding carboxylic acids is 3. The Bertz CT molecular complexity index is 2110. The molecule has 14 heteroatoms. The molecular weight excluding hydrogens is 733 g/mol. The highest BCUT2D eigenvalue weighted by atomic mass is 28.3. The van der Waals surface area contributed by atoms with Crippen LogP contribution in [0.25, 0.3) is 0 Å². The van der Waals surface area contributed by atoms with Crippen LogP contribution >= 0.6 is 0 Å². The van der Waals surface area contributed by atoms with Crippen LogP contribution in [0, 0.1) is 16.0 Å². The molecule has 1 N–H and O–H groups in total. The van der Waals surface area contributed by atoms with Crippen LogP contribution in [0.4, 0.5) is 21.9 Å². The summed E-state index contributed by atoms with van der Waals surface area (Å²) in [5.74, 6) is -0.394. The lowest BCUT2D eigenvalue weighted by molar-refractivity contribution is -0.385. The molecule has 56 heavy (non-hydrogen) atoms. The molecule has 0 aliphatic carbocycles. The van der Waals surface area contributed by atoms with E-state index in [1.165, 1.54) is 12.1 Å². The first-order valence-electron chi connectivity index (χ1n) is 18.8. The molecule has 0 saturated carbocycles. The molecule has 0 unspecified atom stereocenters. The van der Waals surface area contributed by atoms with Crippen LogP contribution in [0.15, 0.2) is 97.1 Å². The highest BCUT2D eigenvalue weighted by molar-refractivity contribution is 6.91. The van der Waals surface area contributed by atoms with Gasteiger partial charge in [-0.05, 0) is 47.0 Å². The normalized spacial score (nSPS) is 21.7. The number of nitrogens with zero attached hydrogens (tertiary/aromatic N) is 4. The third kappa shape index (κ3) is 6.92. The summed E-state index contributed by atoms with van der Waals surface area (Å²) in [4.78, 5) is 58.3. The number of methoxy groups -OCH3 is 1. The quantitative estimate of drug-likeness (QED) is 0.102. The summed E-state index contributed by atoms with van der Waals surface area (Å²) in [6.45, 7) is 7.44. The highest BCUT2D eigenvalue weighted by Gasteiger charge is 2.66. The molecule has 2 saturated heterocycles. The second-order valence-corrected chi connectivity index (χ2v) is 19.9. The van der Waals surface area contributed by atoms with Crippen LogP contribution < -0.4 is 19.7 Å². The van der Waals surface area contributed by atoms with E-state index < -0.39 is 36.7 Å². The van der Waals surface area contributed by atoms with E-state index in [1.807, 2.05) is 73.7 Å².